The first-order valence-corrected chi connectivity index (χ1v) is 8.17. The van der Waals surface area contributed by atoms with Gasteiger partial charge in [-0.05, 0) is 6.92 Å². The van der Waals surface area contributed by atoms with E-state index in [1.807, 2.05) is 6.07 Å². The molecule has 2 N–H and O–H groups in total. The molecule has 1 saturated heterocycles. The highest BCUT2D eigenvalue weighted by Crippen LogP contribution is 2.40. The van der Waals surface area contributed by atoms with Crippen molar-refractivity contribution in [3.8, 4) is 6.07 Å². The van der Waals surface area contributed by atoms with E-state index in [0.717, 1.165) is 0 Å². The number of carbonyl (C=O) groups is 2. The molecular formula is C13H15N3O4S2. The van der Waals surface area contributed by atoms with E-state index in [-0.39, 0.29) is 23.4 Å². The standard InChI is InChI=1S/C13H15N3O4S2/c1-2-20-7-6-22-12-9(15-8(21)4-3-5-14)11(17)16(12)10(7)13(18)19/h9,12H,2-4,6H2,1H3,(H,15,21)(H,18,19)/t9?,12-/m1/s1. The average Bonchev–Trinajstić information content (AvgIpc) is 2.50. The minimum atomic E-state index is -1.17. The molecule has 1 fully saturated rings. The first-order valence-electron chi connectivity index (χ1n) is 6.71. The largest absolute Gasteiger partial charge is 0.495 e. The van der Waals surface area contributed by atoms with E-state index < -0.39 is 12.0 Å². The van der Waals surface area contributed by atoms with Crippen LogP contribution in [0.4, 0.5) is 0 Å². The van der Waals surface area contributed by atoms with Crippen molar-refractivity contribution in [3.05, 3.63) is 11.5 Å². The first kappa shape index (κ1) is 16.6. The highest BCUT2D eigenvalue weighted by Gasteiger charge is 2.54. The lowest BCUT2D eigenvalue weighted by atomic mass is 10.0. The van der Waals surface area contributed by atoms with Gasteiger partial charge in [0.15, 0.2) is 5.70 Å². The first-order chi connectivity index (χ1) is 10.5. The summed E-state index contributed by atoms with van der Waals surface area (Å²) >= 11 is 6.52. The van der Waals surface area contributed by atoms with E-state index in [4.69, 9.17) is 22.2 Å². The van der Waals surface area contributed by atoms with Crippen LogP contribution < -0.4 is 5.32 Å². The van der Waals surface area contributed by atoms with Gasteiger partial charge in [0.25, 0.3) is 5.91 Å². The van der Waals surface area contributed by atoms with Gasteiger partial charge in [-0.1, -0.05) is 12.2 Å². The fourth-order valence-electron chi connectivity index (χ4n) is 2.29. The molecule has 0 bridgehead atoms. The number of carboxylic acids is 1. The number of aliphatic carboxylic acids is 1. The van der Waals surface area contributed by atoms with Gasteiger partial charge in [-0.15, -0.1) is 11.8 Å². The van der Waals surface area contributed by atoms with Crippen LogP contribution in [0.2, 0.25) is 0 Å². The molecule has 118 valence electrons. The van der Waals surface area contributed by atoms with E-state index in [1.165, 1.54) is 16.7 Å². The molecule has 0 saturated carbocycles. The third-order valence-electron chi connectivity index (χ3n) is 3.23. The second-order valence-corrected chi connectivity index (χ2v) is 6.22. The summed E-state index contributed by atoms with van der Waals surface area (Å²) < 4.78 is 5.33. The van der Waals surface area contributed by atoms with E-state index in [2.05, 4.69) is 5.32 Å². The zero-order chi connectivity index (χ0) is 16.3. The van der Waals surface area contributed by atoms with Gasteiger partial charge in [0.05, 0.1) is 23.4 Å². The lowest BCUT2D eigenvalue weighted by Gasteiger charge is -2.49. The van der Waals surface area contributed by atoms with Crippen LogP contribution in [-0.2, 0) is 14.3 Å². The zero-order valence-corrected chi connectivity index (χ0v) is 13.5. The zero-order valence-electron chi connectivity index (χ0n) is 11.9. The van der Waals surface area contributed by atoms with Crippen LogP contribution in [0.25, 0.3) is 0 Å². The van der Waals surface area contributed by atoms with E-state index in [0.29, 0.717) is 29.5 Å². The van der Waals surface area contributed by atoms with Crippen molar-refractivity contribution in [3.63, 3.8) is 0 Å². The quantitative estimate of drug-likeness (QED) is 0.541. The number of carboxylic acid groups (broad SMARTS) is 1. The molecular weight excluding hydrogens is 326 g/mol. The molecule has 2 atom stereocenters. The second-order valence-electron chi connectivity index (χ2n) is 4.62. The van der Waals surface area contributed by atoms with Gasteiger partial charge in [-0.2, -0.15) is 5.26 Å². The maximum atomic E-state index is 12.2. The van der Waals surface area contributed by atoms with Crippen LogP contribution in [-0.4, -0.2) is 50.6 Å². The number of nitrogens with one attached hydrogen (secondary N) is 1. The summed E-state index contributed by atoms with van der Waals surface area (Å²) in [5.41, 5.74) is -0.0865. The Bertz CT molecular complexity index is 584. The summed E-state index contributed by atoms with van der Waals surface area (Å²) in [6, 6.07) is 1.44. The SMILES string of the molecule is CCOC1=C(C(=O)O)N2C(=O)C(NC(=S)CCC#N)[C@H]2SC1. The molecule has 2 heterocycles. The fourth-order valence-corrected chi connectivity index (χ4v) is 3.80. The topological polar surface area (TPSA) is 103 Å². The van der Waals surface area contributed by atoms with Crippen LogP contribution in [0.3, 0.4) is 0 Å². The minimum Gasteiger partial charge on any atom is -0.495 e. The monoisotopic (exact) mass is 341 g/mol. The van der Waals surface area contributed by atoms with Gasteiger partial charge in [-0.3, -0.25) is 9.69 Å². The summed E-state index contributed by atoms with van der Waals surface area (Å²) in [6.07, 6.45) is 0.669. The number of carbonyl (C=O) groups excluding carboxylic acids is 1. The number of rotatable bonds is 6. The lowest BCUT2D eigenvalue weighted by molar-refractivity contribution is -0.149. The Balaban J connectivity index is 2.11. The number of thioether (sulfide) groups is 1. The number of β-lactam (4-membered cyclic amide) rings is 1. The number of fused-ring (bicyclic) bond motifs is 1. The predicted molar refractivity (Wildman–Crippen MR) is 83.7 cm³/mol. The summed E-state index contributed by atoms with van der Waals surface area (Å²) in [5, 5.41) is 20.5. The third kappa shape index (κ3) is 3.03. The van der Waals surface area contributed by atoms with Crippen LogP contribution >= 0.6 is 24.0 Å². The van der Waals surface area contributed by atoms with Crippen molar-refractivity contribution in [1.29, 1.82) is 5.26 Å². The highest BCUT2D eigenvalue weighted by molar-refractivity contribution is 8.00. The number of thiocarbonyl (C=S) groups is 1. The van der Waals surface area contributed by atoms with E-state index in [9.17, 15) is 14.7 Å². The molecule has 0 spiro atoms. The molecule has 0 aromatic carbocycles. The number of amides is 1. The Kier molecular flexibility index (Phi) is 5.26. The Morgan fingerprint density at radius 1 is 1.68 bits per heavy atom. The van der Waals surface area contributed by atoms with Crippen molar-refractivity contribution in [2.75, 3.05) is 12.4 Å². The molecule has 2 aliphatic rings. The van der Waals surface area contributed by atoms with E-state index >= 15 is 0 Å². The van der Waals surface area contributed by atoms with Crippen molar-refractivity contribution < 1.29 is 19.4 Å². The van der Waals surface area contributed by atoms with Gasteiger partial charge >= 0.3 is 5.97 Å². The molecule has 7 nitrogen and oxygen atoms in total. The van der Waals surface area contributed by atoms with Crippen molar-refractivity contribution in [2.24, 2.45) is 0 Å². The normalized spacial score (nSPS) is 23.3. The number of hydrogen-bond donors (Lipinski definition) is 2. The van der Waals surface area contributed by atoms with Crippen molar-refractivity contribution in [2.45, 2.75) is 31.2 Å². The molecule has 0 aliphatic carbocycles. The Morgan fingerprint density at radius 3 is 3.00 bits per heavy atom. The highest BCUT2D eigenvalue weighted by atomic mass is 32.2. The van der Waals surface area contributed by atoms with Gasteiger partial charge in [0.2, 0.25) is 0 Å². The maximum absolute atomic E-state index is 12.2. The molecule has 1 amide bonds. The Morgan fingerprint density at radius 2 is 2.41 bits per heavy atom. The number of hydrogen-bond acceptors (Lipinski definition) is 6. The summed E-state index contributed by atoms with van der Waals surface area (Å²) in [5.74, 6) is -0.804. The number of ether oxygens (including phenoxy) is 1. The van der Waals surface area contributed by atoms with Gasteiger partial charge < -0.3 is 15.2 Å². The van der Waals surface area contributed by atoms with E-state index in [1.54, 1.807) is 6.92 Å². The molecule has 0 aromatic rings. The van der Waals surface area contributed by atoms with Crippen LogP contribution in [0.1, 0.15) is 19.8 Å². The molecule has 9 heteroatoms. The molecule has 0 radical (unpaired) electrons. The fraction of sp³-hybridized carbons (Fsp3) is 0.538. The van der Waals surface area contributed by atoms with Crippen LogP contribution in [0.5, 0.6) is 0 Å². The summed E-state index contributed by atoms with van der Waals surface area (Å²) in [4.78, 5) is 25.3. The number of nitrogens with zero attached hydrogens (tertiary/aromatic N) is 2. The van der Waals surface area contributed by atoms with Crippen molar-refractivity contribution in [1.82, 2.24) is 10.2 Å². The second kappa shape index (κ2) is 6.98. The molecule has 2 rings (SSSR count). The number of nitriles is 1. The third-order valence-corrected chi connectivity index (χ3v) is 4.81. The predicted octanol–water partition coefficient (Wildman–Crippen LogP) is 0.824. The van der Waals surface area contributed by atoms with Gasteiger partial charge in [0, 0.05) is 12.8 Å². The lowest BCUT2D eigenvalue weighted by Crippen LogP contribution is -2.70. The van der Waals surface area contributed by atoms with Gasteiger partial charge in [-0.25, -0.2) is 4.79 Å². The summed E-state index contributed by atoms with van der Waals surface area (Å²) in [6.45, 7) is 2.11. The van der Waals surface area contributed by atoms with Crippen molar-refractivity contribution >= 4 is 40.8 Å². The molecule has 0 aromatic heterocycles. The molecule has 1 unspecified atom stereocenters. The van der Waals surface area contributed by atoms with Crippen LogP contribution in [0, 0.1) is 11.3 Å². The smallest absolute Gasteiger partial charge is 0.356 e. The summed E-state index contributed by atoms with van der Waals surface area (Å²) in [7, 11) is 0. The molecule has 2 aliphatic heterocycles. The average molecular weight is 341 g/mol. The maximum Gasteiger partial charge on any atom is 0.356 e. The van der Waals surface area contributed by atoms with Gasteiger partial charge in [0.1, 0.15) is 17.2 Å². The minimum absolute atomic E-state index is 0.0865. The molecule has 22 heavy (non-hydrogen) atoms. The Labute approximate surface area is 137 Å². The Hall–Kier alpha value is -1.79. The van der Waals surface area contributed by atoms with Crippen LogP contribution in [0.15, 0.2) is 11.5 Å².